The molecule has 184 valence electrons. The van der Waals surface area contributed by atoms with Crippen molar-refractivity contribution in [1.82, 2.24) is 0 Å². The van der Waals surface area contributed by atoms with Crippen molar-refractivity contribution in [3.63, 3.8) is 0 Å². The Morgan fingerprint density at radius 2 is 1.49 bits per heavy atom. The molecular weight excluding hydrogens is 464 g/mol. The van der Waals surface area contributed by atoms with E-state index in [9.17, 15) is 9.90 Å². The van der Waals surface area contributed by atoms with Crippen LogP contribution in [0.4, 0.5) is 0 Å². The normalized spacial score (nSPS) is 13.6. The topological polar surface area (TPSA) is 65.0 Å². The van der Waals surface area contributed by atoms with E-state index in [1.165, 1.54) is 6.08 Å². The van der Waals surface area contributed by atoms with Gasteiger partial charge >= 0.3 is 0 Å². The van der Waals surface area contributed by atoms with Crippen LogP contribution in [-0.4, -0.2) is 16.5 Å². The first kappa shape index (κ1) is 23.9. The Bertz CT molecular complexity index is 1480. The molecule has 0 bridgehead atoms. The lowest BCUT2D eigenvalue weighted by Gasteiger charge is -2.28. The first-order chi connectivity index (χ1) is 17.9. The number of allylic oxidation sites excluding steroid dienone is 1. The molecule has 0 saturated carbocycles. The molecule has 1 aliphatic heterocycles. The van der Waals surface area contributed by atoms with E-state index in [1.54, 1.807) is 36.4 Å². The van der Waals surface area contributed by atoms with E-state index < -0.39 is 5.60 Å². The SMILES string of the molecule is CC1(C)C=Cc2c(ccc(C(=O)/C=C/c3ccc(Oc4ccccc4)c(Oc4ccccc4)c3)c2O)O1. The van der Waals surface area contributed by atoms with Gasteiger partial charge in [0.1, 0.15) is 28.6 Å². The molecule has 0 fully saturated rings. The van der Waals surface area contributed by atoms with Crippen molar-refractivity contribution in [1.29, 1.82) is 0 Å². The lowest BCUT2D eigenvalue weighted by molar-refractivity contribution is 0.104. The van der Waals surface area contributed by atoms with Crippen LogP contribution in [0.5, 0.6) is 34.5 Å². The van der Waals surface area contributed by atoms with Gasteiger partial charge in [-0.05, 0) is 86.2 Å². The Hall–Kier alpha value is -4.77. The Morgan fingerprint density at radius 3 is 2.16 bits per heavy atom. The standard InChI is InChI=1S/C32H26O5/c1-32(2)20-19-26-28(37-32)18-15-25(31(26)34)27(33)16-13-22-14-17-29(35-23-9-5-3-6-10-23)30(21-22)36-24-11-7-4-8-12-24/h3-21,34H,1-2H3/b16-13+. The zero-order chi connectivity index (χ0) is 25.8. The number of para-hydroxylation sites is 2. The zero-order valence-electron chi connectivity index (χ0n) is 20.5. The second-order valence-corrected chi connectivity index (χ2v) is 9.15. The molecular formula is C32H26O5. The van der Waals surface area contributed by atoms with Crippen LogP contribution in [0.3, 0.4) is 0 Å². The fourth-order valence-corrected chi connectivity index (χ4v) is 3.92. The van der Waals surface area contributed by atoms with Crippen LogP contribution in [0, 0.1) is 0 Å². The van der Waals surface area contributed by atoms with Crippen LogP contribution < -0.4 is 14.2 Å². The van der Waals surface area contributed by atoms with Crippen molar-refractivity contribution in [2.24, 2.45) is 0 Å². The number of carbonyl (C=O) groups excluding carboxylic acids is 1. The van der Waals surface area contributed by atoms with E-state index in [4.69, 9.17) is 14.2 Å². The molecule has 0 amide bonds. The minimum absolute atomic E-state index is 0.0985. The zero-order valence-corrected chi connectivity index (χ0v) is 20.5. The van der Waals surface area contributed by atoms with Gasteiger partial charge in [0, 0.05) is 0 Å². The quantitative estimate of drug-likeness (QED) is 0.210. The lowest BCUT2D eigenvalue weighted by atomic mass is 9.98. The van der Waals surface area contributed by atoms with Crippen LogP contribution in [-0.2, 0) is 0 Å². The number of rotatable bonds is 7. The Labute approximate surface area is 215 Å². The summed E-state index contributed by atoms with van der Waals surface area (Å²) in [4.78, 5) is 13.0. The van der Waals surface area contributed by atoms with E-state index in [0.717, 1.165) is 5.56 Å². The molecule has 4 aromatic rings. The maximum absolute atomic E-state index is 13.0. The van der Waals surface area contributed by atoms with Gasteiger partial charge in [-0.3, -0.25) is 4.79 Å². The molecule has 1 aliphatic rings. The van der Waals surface area contributed by atoms with Crippen LogP contribution in [0.1, 0.15) is 35.3 Å². The van der Waals surface area contributed by atoms with Gasteiger partial charge in [-0.1, -0.05) is 48.5 Å². The molecule has 1 heterocycles. The molecule has 0 aromatic heterocycles. The van der Waals surface area contributed by atoms with Gasteiger partial charge < -0.3 is 19.3 Å². The average molecular weight is 491 g/mol. The highest BCUT2D eigenvalue weighted by molar-refractivity contribution is 6.09. The molecule has 1 N–H and O–H groups in total. The van der Waals surface area contributed by atoms with Gasteiger partial charge in [-0.15, -0.1) is 0 Å². The second kappa shape index (κ2) is 10.1. The van der Waals surface area contributed by atoms with Crippen molar-refractivity contribution in [3.8, 4) is 34.5 Å². The highest BCUT2D eigenvalue weighted by Crippen LogP contribution is 2.39. The molecule has 5 rings (SSSR count). The number of hydrogen-bond acceptors (Lipinski definition) is 5. The average Bonchev–Trinajstić information content (AvgIpc) is 2.89. The van der Waals surface area contributed by atoms with Crippen molar-refractivity contribution in [2.45, 2.75) is 19.4 Å². The number of ether oxygens (including phenoxy) is 3. The van der Waals surface area contributed by atoms with Crippen molar-refractivity contribution >= 4 is 17.9 Å². The first-order valence-corrected chi connectivity index (χ1v) is 11.9. The summed E-state index contributed by atoms with van der Waals surface area (Å²) in [5.41, 5.74) is 0.968. The number of carbonyl (C=O) groups is 1. The smallest absolute Gasteiger partial charge is 0.189 e. The fraction of sp³-hybridized carbons (Fsp3) is 0.0938. The summed E-state index contributed by atoms with van der Waals surface area (Å²) in [6.07, 6.45) is 6.75. The number of fused-ring (bicyclic) bond motifs is 1. The maximum atomic E-state index is 13.0. The van der Waals surface area contributed by atoms with E-state index in [2.05, 4.69) is 0 Å². The van der Waals surface area contributed by atoms with Crippen LogP contribution in [0.15, 0.2) is 103 Å². The summed E-state index contributed by atoms with van der Waals surface area (Å²) >= 11 is 0. The van der Waals surface area contributed by atoms with Crippen molar-refractivity contribution in [3.05, 3.63) is 120 Å². The monoisotopic (exact) mass is 490 g/mol. The Morgan fingerprint density at radius 1 is 0.838 bits per heavy atom. The van der Waals surface area contributed by atoms with E-state index in [1.807, 2.05) is 86.7 Å². The van der Waals surface area contributed by atoms with Gasteiger partial charge in [0.25, 0.3) is 0 Å². The summed E-state index contributed by atoms with van der Waals surface area (Å²) in [6, 6.07) is 27.6. The lowest BCUT2D eigenvalue weighted by Crippen LogP contribution is -2.27. The third-order valence-electron chi connectivity index (χ3n) is 5.80. The number of benzene rings is 4. The third-order valence-corrected chi connectivity index (χ3v) is 5.80. The number of phenols is 1. The van der Waals surface area contributed by atoms with E-state index in [0.29, 0.717) is 34.3 Å². The first-order valence-electron chi connectivity index (χ1n) is 11.9. The highest BCUT2D eigenvalue weighted by atomic mass is 16.5. The van der Waals surface area contributed by atoms with Crippen molar-refractivity contribution < 1.29 is 24.1 Å². The minimum Gasteiger partial charge on any atom is -0.506 e. The predicted molar refractivity (Wildman–Crippen MR) is 145 cm³/mol. The van der Waals surface area contributed by atoms with Gasteiger partial charge in [0.05, 0.1) is 11.1 Å². The molecule has 0 spiro atoms. The highest BCUT2D eigenvalue weighted by Gasteiger charge is 2.25. The van der Waals surface area contributed by atoms with Gasteiger partial charge in [-0.25, -0.2) is 0 Å². The maximum Gasteiger partial charge on any atom is 0.189 e. The Balaban J connectivity index is 1.41. The van der Waals surface area contributed by atoms with Gasteiger partial charge in [0.15, 0.2) is 17.3 Å². The third kappa shape index (κ3) is 5.57. The molecule has 5 heteroatoms. The van der Waals surface area contributed by atoms with Gasteiger partial charge in [-0.2, -0.15) is 0 Å². The minimum atomic E-state index is -0.471. The number of hydrogen-bond donors (Lipinski definition) is 1. The Kier molecular flexibility index (Phi) is 6.52. The van der Waals surface area contributed by atoms with E-state index >= 15 is 0 Å². The molecule has 0 saturated heterocycles. The summed E-state index contributed by atoms with van der Waals surface area (Å²) in [6.45, 7) is 3.86. The van der Waals surface area contributed by atoms with E-state index in [-0.39, 0.29) is 17.1 Å². The summed E-state index contributed by atoms with van der Waals surface area (Å²) in [7, 11) is 0. The number of ketones is 1. The second-order valence-electron chi connectivity index (χ2n) is 9.15. The molecule has 0 atom stereocenters. The van der Waals surface area contributed by atoms with Gasteiger partial charge in [0.2, 0.25) is 0 Å². The molecule has 37 heavy (non-hydrogen) atoms. The summed E-state index contributed by atoms with van der Waals surface area (Å²) in [5.74, 6) is 2.51. The number of phenolic OH excluding ortho intramolecular Hbond substituents is 1. The summed E-state index contributed by atoms with van der Waals surface area (Å²) in [5, 5.41) is 10.7. The van der Waals surface area contributed by atoms with Crippen molar-refractivity contribution in [2.75, 3.05) is 0 Å². The van der Waals surface area contributed by atoms with Crippen LogP contribution >= 0.6 is 0 Å². The molecule has 0 radical (unpaired) electrons. The molecule has 5 nitrogen and oxygen atoms in total. The van der Waals surface area contributed by atoms with Crippen LogP contribution in [0.2, 0.25) is 0 Å². The summed E-state index contributed by atoms with van der Waals surface area (Å²) < 4.78 is 18.0. The molecule has 0 aliphatic carbocycles. The predicted octanol–water partition coefficient (Wildman–Crippen LogP) is 8.06. The van der Waals surface area contributed by atoms with Crippen LogP contribution in [0.25, 0.3) is 12.2 Å². The molecule has 0 unspecified atom stereocenters. The molecule has 4 aromatic carbocycles. The fourth-order valence-electron chi connectivity index (χ4n) is 3.92. The largest absolute Gasteiger partial charge is 0.506 e. The number of aromatic hydroxyl groups is 1.